The third-order valence-electron chi connectivity index (χ3n) is 9.52. The van der Waals surface area contributed by atoms with Gasteiger partial charge in [-0.3, -0.25) is 0 Å². The Bertz CT molecular complexity index is 2680. The number of benzene rings is 6. The van der Waals surface area contributed by atoms with Crippen molar-refractivity contribution in [1.82, 2.24) is 13.7 Å². The Kier molecular flexibility index (Phi) is 6.51. The summed E-state index contributed by atoms with van der Waals surface area (Å²) in [6.45, 7) is 6.35. The summed E-state index contributed by atoms with van der Waals surface area (Å²) in [6.07, 6.45) is 8.50. The van der Waals surface area contributed by atoms with Gasteiger partial charge in [-0.05, 0) is 72.7 Å². The second-order valence-electron chi connectivity index (χ2n) is 12.2. The van der Waals surface area contributed by atoms with Crippen molar-refractivity contribution in [2.75, 3.05) is 0 Å². The Morgan fingerprint density at radius 2 is 1.19 bits per heavy atom. The first-order valence-electron chi connectivity index (χ1n) is 16.4. The lowest BCUT2D eigenvalue weighted by Gasteiger charge is -2.16. The van der Waals surface area contributed by atoms with Crippen LogP contribution < -0.4 is 0 Å². The smallest absolute Gasteiger partial charge is 0.0788 e. The fraction of sp³-hybridized carbons (Fsp3) is 0.0222. The second-order valence-corrected chi connectivity index (χ2v) is 12.2. The van der Waals surface area contributed by atoms with E-state index in [2.05, 4.69) is 191 Å². The predicted octanol–water partition coefficient (Wildman–Crippen LogP) is 12.0. The summed E-state index contributed by atoms with van der Waals surface area (Å²) in [6, 6.07) is 52.5. The van der Waals surface area contributed by atoms with E-state index in [4.69, 9.17) is 0 Å². The van der Waals surface area contributed by atoms with Gasteiger partial charge < -0.3 is 13.7 Å². The van der Waals surface area contributed by atoms with Crippen molar-refractivity contribution in [1.29, 1.82) is 0 Å². The SMILES string of the molecule is C=Cc1c(/C=C\C)c2ccccc2n1-c1cc(-c2ccccc2)cc(-n2ccc3ccc4c5ccccc5n(-c5ccccc5)c4c32)c1. The summed E-state index contributed by atoms with van der Waals surface area (Å²) in [5, 5.41) is 4.89. The van der Waals surface area contributed by atoms with Gasteiger partial charge in [0.2, 0.25) is 0 Å². The van der Waals surface area contributed by atoms with E-state index in [9.17, 15) is 0 Å². The molecular formula is C45H33N3. The molecule has 0 saturated carbocycles. The van der Waals surface area contributed by atoms with Crippen LogP contribution in [0.5, 0.6) is 0 Å². The lowest BCUT2D eigenvalue weighted by Crippen LogP contribution is -2.02. The van der Waals surface area contributed by atoms with Crippen molar-refractivity contribution in [3.05, 3.63) is 176 Å². The highest BCUT2D eigenvalue weighted by atomic mass is 15.0. The summed E-state index contributed by atoms with van der Waals surface area (Å²) in [4.78, 5) is 0. The van der Waals surface area contributed by atoms with Crippen molar-refractivity contribution >= 4 is 55.8 Å². The van der Waals surface area contributed by atoms with Crippen molar-refractivity contribution in [2.45, 2.75) is 6.92 Å². The van der Waals surface area contributed by atoms with Crippen LogP contribution in [-0.2, 0) is 0 Å². The number of para-hydroxylation sites is 3. The van der Waals surface area contributed by atoms with E-state index in [0.29, 0.717) is 0 Å². The number of hydrogen-bond donors (Lipinski definition) is 0. The zero-order valence-corrected chi connectivity index (χ0v) is 26.7. The van der Waals surface area contributed by atoms with E-state index in [-0.39, 0.29) is 0 Å². The number of nitrogens with zero attached hydrogens (tertiary/aromatic N) is 3. The molecule has 0 N–H and O–H groups in total. The van der Waals surface area contributed by atoms with Crippen LogP contribution in [0.2, 0.25) is 0 Å². The van der Waals surface area contributed by atoms with Gasteiger partial charge >= 0.3 is 0 Å². The molecule has 3 aromatic heterocycles. The zero-order valence-electron chi connectivity index (χ0n) is 26.7. The Morgan fingerprint density at radius 1 is 0.521 bits per heavy atom. The third kappa shape index (κ3) is 4.21. The first-order chi connectivity index (χ1) is 23.7. The molecule has 0 aliphatic carbocycles. The fourth-order valence-corrected chi connectivity index (χ4v) is 7.50. The van der Waals surface area contributed by atoms with Crippen LogP contribution >= 0.6 is 0 Å². The maximum absolute atomic E-state index is 4.28. The lowest BCUT2D eigenvalue weighted by molar-refractivity contribution is 1.07. The van der Waals surface area contributed by atoms with Crippen molar-refractivity contribution in [2.24, 2.45) is 0 Å². The van der Waals surface area contributed by atoms with Gasteiger partial charge in [0.05, 0.1) is 27.8 Å². The largest absolute Gasteiger partial charge is 0.315 e. The number of hydrogen-bond acceptors (Lipinski definition) is 0. The normalized spacial score (nSPS) is 11.9. The van der Waals surface area contributed by atoms with Crippen molar-refractivity contribution < 1.29 is 0 Å². The Morgan fingerprint density at radius 3 is 1.94 bits per heavy atom. The first-order valence-corrected chi connectivity index (χ1v) is 16.4. The molecule has 9 rings (SSSR count). The highest BCUT2D eigenvalue weighted by Gasteiger charge is 2.20. The van der Waals surface area contributed by atoms with Gasteiger partial charge in [-0.2, -0.15) is 0 Å². The standard InChI is InChI=1S/C45H33N3/c1-3-15-37-38-20-11-13-22-42(38)47(41(37)4-2)36-29-33(31-16-7-5-8-17-31)28-35(30-36)46-27-26-32-24-25-40-39-21-12-14-23-43(39)48(45(40)44(32)46)34-18-9-6-10-19-34/h3-30H,2H2,1H3/b15-3-. The van der Waals surface area contributed by atoms with Gasteiger partial charge in [-0.15, -0.1) is 0 Å². The molecule has 0 aliphatic rings. The molecule has 0 fully saturated rings. The van der Waals surface area contributed by atoms with Gasteiger partial charge in [-0.25, -0.2) is 0 Å². The summed E-state index contributed by atoms with van der Waals surface area (Å²) in [7, 11) is 0. The van der Waals surface area contributed by atoms with Crippen LogP contribution in [0.3, 0.4) is 0 Å². The quantitative estimate of drug-likeness (QED) is 0.177. The van der Waals surface area contributed by atoms with E-state index in [1.165, 1.54) is 49.2 Å². The number of allylic oxidation sites excluding steroid dienone is 1. The highest BCUT2D eigenvalue weighted by Crippen LogP contribution is 2.39. The molecule has 3 nitrogen and oxygen atoms in total. The molecule has 228 valence electrons. The lowest BCUT2D eigenvalue weighted by atomic mass is 10.0. The van der Waals surface area contributed by atoms with Gasteiger partial charge in [0, 0.05) is 50.4 Å². The molecule has 9 aromatic rings. The maximum Gasteiger partial charge on any atom is 0.0788 e. The summed E-state index contributed by atoms with van der Waals surface area (Å²) >= 11 is 0. The van der Waals surface area contributed by atoms with Gasteiger partial charge in [0.25, 0.3) is 0 Å². The average molecular weight is 616 g/mol. The van der Waals surface area contributed by atoms with Crippen LogP contribution in [0, 0.1) is 0 Å². The topological polar surface area (TPSA) is 14.8 Å². The van der Waals surface area contributed by atoms with E-state index in [1.807, 2.05) is 6.08 Å². The molecule has 3 heterocycles. The van der Waals surface area contributed by atoms with Crippen LogP contribution in [0.15, 0.2) is 164 Å². The second kappa shape index (κ2) is 11.2. The molecule has 0 saturated heterocycles. The molecule has 6 aromatic carbocycles. The van der Waals surface area contributed by atoms with Crippen molar-refractivity contribution in [3.63, 3.8) is 0 Å². The summed E-state index contributed by atoms with van der Waals surface area (Å²) < 4.78 is 7.15. The minimum Gasteiger partial charge on any atom is -0.315 e. The van der Waals surface area contributed by atoms with Crippen LogP contribution in [0.25, 0.3) is 84.0 Å². The number of fused-ring (bicyclic) bond motifs is 6. The van der Waals surface area contributed by atoms with Crippen LogP contribution in [0.4, 0.5) is 0 Å². The summed E-state index contributed by atoms with van der Waals surface area (Å²) in [5.74, 6) is 0. The molecule has 0 bridgehead atoms. The minimum absolute atomic E-state index is 1.08. The molecule has 0 spiro atoms. The van der Waals surface area contributed by atoms with Gasteiger partial charge in [0.15, 0.2) is 0 Å². The molecular weight excluding hydrogens is 583 g/mol. The van der Waals surface area contributed by atoms with E-state index in [1.54, 1.807) is 0 Å². The highest BCUT2D eigenvalue weighted by molar-refractivity contribution is 6.18. The van der Waals surface area contributed by atoms with E-state index in [0.717, 1.165) is 33.8 Å². The molecule has 0 aliphatic heterocycles. The zero-order chi connectivity index (χ0) is 32.2. The third-order valence-corrected chi connectivity index (χ3v) is 9.52. The van der Waals surface area contributed by atoms with Crippen LogP contribution in [-0.4, -0.2) is 13.7 Å². The average Bonchev–Trinajstić information content (AvgIpc) is 3.82. The molecule has 0 atom stereocenters. The van der Waals surface area contributed by atoms with Crippen LogP contribution in [0.1, 0.15) is 18.2 Å². The van der Waals surface area contributed by atoms with Crippen molar-refractivity contribution in [3.8, 4) is 28.2 Å². The minimum atomic E-state index is 1.08. The molecule has 0 unspecified atom stereocenters. The number of aromatic nitrogens is 3. The molecule has 0 amide bonds. The molecule has 0 radical (unpaired) electrons. The maximum atomic E-state index is 4.28. The fourth-order valence-electron chi connectivity index (χ4n) is 7.50. The van der Waals surface area contributed by atoms with Gasteiger partial charge in [-0.1, -0.05) is 116 Å². The van der Waals surface area contributed by atoms with E-state index < -0.39 is 0 Å². The Labute approximate surface area is 279 Å². The molecule has 3 heteroatoms. The predicted molar refractivity (Wildman–Crippen MR) is 205 cm³/mol. The van der Waals surface area contributed by atoms with Gasteiger partial charge in [0.1, 0.15) is 0 Å². The Balaban J connectivity index is 1.40. The van der Waals surface area contributed by atoms with E-state index >= 15 is 0 Å². The molecule has 48 heavy (non-hydrogen) atoms. The first kappa shape index (κ1) is 27.9. The number of rotatable bonds is 6. The summed E-state index contributed by atoms with van der Waals surface area (Å²) in [5.41, 5.74) is 12.6. The Hall–Kier alpha value is -6.32. The monoisotopic (exact) mass is 615 g/mol.